The minimum absolute atomic E-state index is 0.0469. The van der Waals surface area contributed by atoms with Crippen molar-refractivity contribution in [2.24, 2.45) is 5.10 Å². The van der Waals surface area contributed by atoms with Crippen LogP contribution in [0.2, 0.25) is 10.0 Å². The summed E-state index contributed by atoms with van der Waals surface area (Å²) in [5.74, 6) is 6.54. The van der Waals surface area contributed by atoms with Crippen molar-refractivity contribution in [3.05, 3.63) is 43.7 Å². The van der Waals surface area contributed by atoms with Gasteiger partial charge in [0.2, 0.25) is 0 Å². The molecule has 11 heteroatoms. The molecule has 1 aromatic heterocycles. The summed E-state index contributed by atoms with van der Waals surface area (Å²) in [5, 5.41) is 22.5. The Labute approximate surface area is 134 Å². The number of hydrazone groups is 1. The van der Waals surface area contributed by atoms with Gasteiger partial charge in [-0.05, 0) is 6.07 Å². The number of aryl methyl sites for hydroxylation is 1. The second-order valence-electron chi connectivity index (χ2n) is 4.12. The molecule has 0 saturated carbocycles. The number of rotatable bonds is 5. The number of halogens is 2. The number of nitrogen functional groups attached to an aromatic ring is 1. The van der Waals surface area contributed by atoms with Gasteiger partial charge in [0.15, 0.2) is 5.82 Å². The molecule has 9 nitrogen and oxygen atoms in total. The number of anilines is 1. The number of nitro groups is 1. The molecule has 0 amide bonds. The van der Waals surface area contributed by atoms with E-state index in [2.05, 4.69) is 20.7 Å². The van der Waals surface area contributed by atoms with E-state index in [1.54, 1.807) is 0 Å². The van der Waals surface area contributed by atoms with Crippen molar-refractivity contribution in [3.8, 4) is 0 Å². The average molecular weight is 344 g/mol. The average Bonchev–Trinajstić information content (AvgIpc) is 2.81. The molecule has 2 rings (SSSR count). The van der Waals surface area contributed by atoms with Crippen LogP contribution in [-0.4, -0.2) is 26.0 Å². The Morgan fingerprint density at radius 2 is 2.18 bits per heavy atom. The van der Waals surface area contributed by atoms with E-state index in [0.717, 1.165) is 0 Å². The summed E-state index contributed by atoms with van der Waals surface area (Å²) in [4.78, 5) is 10.2. The zero-order valence-corrected chi connectivity index (χ0v) is 12.8. The Bertz CT molecular complexity index is 744. The molecule has 0 bridgehead atoms. The molecule has 3 N–H and O–H groups in total. The van der Waals surface area contributed by atoms with Crippen molar-refractivity contribution >= 4 is 41.1 Å². The summed E-state index contributed by atoms with van der Waals surface area (Å²) < 4.78 is 1.25. The van der Waals surface area contributed by atoms with Crippen LogP contribution in [-0.2, 0) is 6.42 Å². The highest BCUT2D eigenvalue weighted by Crippen LogP contribution is 2.29. The maximum Gasteiger partial charge on any atom is 0.288 e. The van der Waals surface area contributed by atoms with Gasteiger partial charge in [0.1, 0.15) is 5.02 Å². The molecule has 0 aliphatic heterocycles. The third kappa shape index (κ3) is 3.26. The van der Waals surface area contributed by atoms with Gasteiger partial charge in [0.05, 0.1) is 16.2 Å². The Morgan fingerprint density at radius 1 is 1.45 bits per heavy atom. The first-order valence-electron chi connectivity index (χ1n) is 6.06. The monoisotopic (exact) mass is 343 g/mol. The maximum absolute atomic E-state index is 10.8. The zero-order chi connectivity index (χ0) is 16.3. The van der Waals surface area contributed by atoms with Gasteiger partial charge in [-0.25, -0.2) is 10.1 Å². The highest BCUT2D eigenvalue weighted by atomic mass is 35.5. The molecular formula is C11H11Cl2N7O2. The van der Waals surface area contributed by atoms with Crippen LogP contribution in [0.1, 0.15) is 18.3 Å². The lowest BCUT2D eigenvalue weighted by atomic mass is 10.2. The number of nitrogens with one attached hydrogen (secondary N) is 1. The molecule has 116 valence electrons. The minimum atomic E-state index is -0.604. The number of aromatic nitrogens is 3. The van der Waals surface area contributed by atoms with Gasteiger partial charge in [-0.3, -0.25) is 10.1 Å². The maximum atomic E-state index is 10.8. The smallest absolute Gasteiger partial charge is 0.288 e. The van der Waals surface area contributed by atoms with E-state index in [1.807, 2.05) is 6.92 Å². The number of nitrogens with zero attached hydrogens (tertiary/aromatic N) is 5. The van der Waals surface area contributed by atoms with Crippen LogP contribution in [0.5, 0.6) is 0 Å². The first-order valence-corrected chi connectivity index (χ1v) is 6.81. The molecule has 0 unspecified atom stereocenters. The number of nitro benzene ring substituents is 1. The van der Waals surface area contributed by atoms with Crippen molar-refractivity contribution < 1.29 is 4.92 Å². The van der Waals surface area contributed by atoms with E-state index in [9.17, 15) is 10.1 Å². The van der Waals surface area contributed by atoms with Gasteiger partial charge in [0, 0.05) is 18.1 Å². The van der Waals surface area contributed by atoms with E-state index in [4.69, 9.17) is 29.0 Å². The summed E-state index contributed by atoms with van der Waals surface area (Å²) in [6.07, 6.45) is 1.91. The van der Waals surface area contributed by atoms with E-state index in [-0.39, 0.29) is 21.7 Å². The van der Waals surface area contributed by atoms with Gasteiger partial charge < -0.3 is 5.84 Å². The fraction of sp³-hybridized carbons (Fsp3) is 0.182. The lowest BCUT2D eigenvalue weighted by Crippen LogP contribution is -2.14. The lowest BCUT2D eigenvalue weighted by molar-refractivity contribution is -0.384. The number of hydrogen-bond donors (Lipinski definition) is 2. The summed E-state index contributed by atoms with van der Waals surface area (Å²) in [5.41, 5.74) is 2.64. The zero-order valence-electron chi connectivity index (χ0n) is 11.3. The minimum Gasteiger partial charge on any atom is -0.335 e. The van der Waals surface area contributed by atoms with Crippen LogP contribution < -0.4 is 11.3 Å². The molecule has 0 spiro atoms. The lowest BCUT2D eigenvalue weighted by Gasteiger charge is -2.02. The molecule has 0 aliphatic rings. The number of nitrogens with two attached hydrogens (primary N) is 1. The molecular weight excluding hydrogens is 333 g/mol. The Hall–Kier alpha value is -2.39. The topological polar surface area (TPSA) is 124 Å². The van der Waals surface area contributed by atoms with E-state index in [1.165, 1.54) is 23.0 Å². The van der Waals surface area contributed by atoms with Gasteiger partial charge in [-0.2, -0.15) is 5.10 Å². The highest BCUT2D eigenvalue weighted by molar-refractivity contribution is 6.37. The second-order valence-corrected chi connectivity index (χ2v) is 4.93. The summed E-state index contributed by atoms with van der Waals surface area (Å²) in [7, 11) is 0. The standard InChI is InChI=1S/C11H11Cl2N7O2/c1-2-10-16-18-11(19(10)14)17-15-5-6-3-9(20(21)22)8(13)4-7(6)12/h3-5H,2,14H2,1H3,(H,17,18)/b15-5-. The van der Waals surface area contributed by atoms with Crippen LogP contribution in [0.3, 0.4) is 0 Å². The number of hydrogen-bond acceptors (Lipinski definition) is 7. The van der Waals surface area contributed by atoms with Crippen molar-refractivity contribution in [3.63, 3.8) is 0 Å². The van der Waals surface area contributed by atoms with E-state index in [0.29, 0.717) is 17.8 Å². The summed E-state index contributed by atoms with van der Waals surface area (Å²) in [6, 6.07) is 2.50. The van der Waals surface area contributed by atoms with Crippen molar-refractivity contribution in [1.29, 1.82) is 0 Å². The molecule has 0 saturated heterocycles. The summed E-state index contributed by atoms with van der Waals surface area (Å²) in [6.45, 7) is 1.88. The fourth-order valence-corrected chi connectivity index (χ4v) is 2.09. The molecule has 0 aliphatic carbocycles. The predicted octanol–water partition coefficient (Wildman–Crippen LogP) is 2.22. The van der Waals surface area contributed by atoms with E-state index >= 15 is 0 Å². The molecule has 1 aromatic carbocycles. The highest BCUT2D eigenvalue weighted by Gasteiger charge is 2.15. The third-order valence-electron chi connectivity index (χ3n) is 2.71. The Morgan fingerprint density at radius 3 is 2.77 bits per heavy atom. The Balaban J connectivity index is 2.21. The SMILES string of the molecule is CCc1nnc(N/N=C\c2cc([N+](=O)[O-])c(Cl)cc2Cl)n1N. The van der Waals surface area contributed by atoms with Crippen LogP contribution in [0.25, 0.3) is 0 Å². The molecule has 2 aromatic rings. The van der Waals surface area contributed by atoms with Gasteiger partial charge in [-0.15, -0.1) is 10.2 Å². The van der Waals surface area contributed by atoms with Gasteiger partial charge >= 0.3 is 0 Å². The first kappa shape index (κ1) is 16.0. The quantitative estimate of drug-likeness (QED) is 0.371. The van der Waals surface area contributed by atoms with Crippen LogP contribution >= 0.6 is 23.2 Å². The predicted molar refractivity (Wildman–Crippen MR) is 83.9 cm³/mol. The van der Waals surface area contributed by atoms with Crippen LogP contribution in [0.15, 0.2) is 17.2 Å². The first-order chi connectivity index (χ1) is 10.4. The van der Waals surface area contributed by atoms with Crippen molar-refractivity contribution in [2.75, 3.05) is 11.3 Å². The molecule has 0 radical (unpaired) electrons. The fourth-order valence-electron chi connectivity index (χ4n) is 1.59. The molecule has 0 atom stereocenters. The van der Waals surface area contributed by atoms with E-state index < -0.39 is 4.92 Å². The second kappa shape index (κ2) is 6.58. The Kier molecular flexibility index (Phi) is 4.78. The van der Waals surface area contributed by atoms with Gasteiger partial charge in [-0.1, -0.05) is 30.1 Å². The molecule has 0 fully saturated rings. The van der Waals surface area contributed by atoms with Crippen molar-refractivity contribution in [1.82, 2.24) is 14.9 Å². The largest absolute Gasteiger partial charge is 0.335 e. The van der Waals surface area contributed by atoms with Crippen LogP contribution in [0, 0.1) is 10.1 Å². The molecule has 1 heterocycles. The van der Waals surface area contributed by atoms with Gasteiger partial charge in [0.25, 0.3) is 11.6 Å². The van der Waals surface area contributed by atoms with Crippen molar-refractivity contribution in [2.45, 2.75) is 13.3 Å². The number of benzene rings is 1. The summed E-state index contributed by atoms with van der Waals surface area (Å²) >= 11 is 11.7. The van der Waals surface area contributed by atoms with Crippen LogP contribution in [0.4, 0.5) is 11.6 Å². The normalized spacial score (nSPS) is 11.0. The molecule has 22 heavy (non-hydrogen) atoms. The third-order valence-corrected chi connectivity index (χ3v) is 3.34.